The lowest BCUT2D eigenvalue weighted by atomic mass is 10.0. The highest BCUT2D eigenvalue weighted by Crippen LogP contribution is 2.21. The second-order valence-electron chi connectivity index (χ2n) is 5.99. The molecule has 0 saturated heterocycles. The number of hydrogen-bond donors (Lipinski definition) is 1. The predicted octanol–water partition coefficient (Wildman–Crippen LogP) is 5.65. The number of rotatable bonds is 9. The number of carbonyl (C=O) groups excluding carboxylic acids is 1. The van der Waals surface area contributed by atoms with E-state index in [-0.39, 0.29) is 5.91 Å². The maximum Gasteiger partial charge on any atom is 0.220 e. The Morgan fingerprint density at radius 3 is 2.48 bits per heavy atom. The minimum atomic E-state index is 0.126. The van der Waals surface area contributed by atoms with Gasteiger partial charge in [0.15, 0.2) is 0 Å². The summed E-state index contributed by atoms with van der Waals surface area (Å²) in [5, 5.41) is 3.82. The van der Waals surface area contributed by atoms with Gasteiger partial charge < -0.3 is 5.32 Å². The predicted molar refractivity (Wildman–Crippen MR) is 108 cm³/mol. The lowest BCUT2D eigenvalue weighted by Gasteiger charge is -2.11. The van der Waals surface area contributed by atoms with E-state index in [1.165, 1.54) is 21.6 Å². The molecule has 2 aromatic carbocycles. The number of halogens is 1. The van der Waals surface area contributed by atoms with E-state index in [4.69, 9.17) is 11.6 Å². The van der Waals surface area contributed by atoms with Gasteiger partial charge in [0.25, 0.3) is 0 Å². The molecule has 0 radical (unpaired) electrons. The molecule has 0 fully saturated rings. The Labute approximate surface area is 160 Å². The van der Waals surface area contributed by atoms with Crippen molar-refractivity contribution in [1.29, 1.82) is 0 Å². The summed E-state index contributed by atoms with van der Waals surface area (Å²) in [6, 6.07) is 14.4. The second kappa shape index (κ2) is 10.5. The van der Waals surface area contributed by atoms with E-state index in [0.29, 0.717) is 13.0 Å². The largest absolute Gasteiger partial charge is 0.352 e. The lowest BCUT2D eigenvalue weighted by Crippen LogP contribution is -2.23. The second-order valence-corrected chi connectivity index (χ2v) is 7.60. The highest BCUT2D eigenvalue weighted by Gasteiger charge is 2.06. The van der Waals surface area contributed by atoms with Crippen LogP contribution in [0, 0.1) is 0 Å². The molecular formula is C21H26ClNOS. The van der Waals surface area contributed by atoms with Gasteiger partial charge in [-0.05, 0) is 66.0 Å². The fourth-order valence-electron chi connectivity index (χ4n) is 2.64. The molecule has 2 aromatic rings. The zero-order valence-corrected chi connectivity index (χ0v) is 16.6. The molecule has 0 aliphatic rings. The van der Waals surface area contributed by atoms with Crippen LogP contribution in [0.1, 0.15) is 43.4 Å². The van der Waals surface area contributed by atoms with Crippen LogP contribution in [0.2, 0.25) is 5.02 Å². The van der Waals surface area contributed by atoms with Gasteiger partial charge in [-0.2, -0.15) is 0 Å². The minimum absolute atomic E-state index is 0.126. The van der Waals surface area contributed by atoms with Gasteiger partial charge in [0.2, 0.25) is 5.91 Å². The van der Waals surface area contributed by atoms with E-state index < -0.39 is 0 Å². The van der Waals surface area contributed by atoms with Gasteiger partial charge in [-0.3, -0.25) is 4.79 Å². The first-order valence-electron chi connectivity index (χ1n) is 8.88. The van der Waals surface area contributed by atoms with Crippen LogP contribution in [-0.4, -0.2) is 11.7 Å². The van der Waals surface area contributed by atoms with Gasteiger partial charge in [-0.15, -0.1) is 11.8 Å². The van der Waals surface area contributed by atoms with E-state index in [2.05, 4.69) is 37.4 Å². The molecule has 0 unspecified atom stereocenters. The zero-order chi connectivity index (χ0) is 18.1. The first kappa shape index (κ1) is 19.9. The summed E-state index contributed by atoms with van der Waals surface area (Å²) in [7, 11) is 0. The molecule has 0 bridgehead atoms. The number of amides is 1. The van der Waals surface area contributed by atoms with Gasteiger partial charge >= 0.3 is 0 Å². The SMILES string of the molecule is CCc1ccc(CC)c(CNC(=O)CCCSc2ccc(Cl)cc2)c1. The van der Waals surface area contributed by atoms with Crippen LogP contribution in [0.3, 0.4) is 0 Å². The Morgan fingerprint density at radius 2 is 1.80 bits per heavy atom. The topological polar surface area (TPSA) is 29.1 Å². The van der Waals surface area contributed by atoms with Crippen molar-refractivity contribution in [2.45, 2.75) is 51.0 Å². The molecule has 0 aliphatic carbocycles. The molecule has 0 aromatic heterocycles. The molecule has 0 saturated carbocycles. The zero-order valence-electron chi connectivity index (χ0n) is 15.0. The lowest BCUT2D eigenvalue weighted by molar-refractivity contribution is -0.121. The molecule has 2 rings (SSSR count). The molecule has 2 nitrogen and oxygen atoms in total. The fraction of sp³-hybridized carbons (Fsp3) is 0.381. The van der Waals surface area contributed by atoms with Gasteiger partial charge in [0.1, 0.15) is 0 Å². The Kier molecular flexibility index (Phi) is 8.36. The quantitative estimate of drug-likeness (QED) is 0.453. The number of thioether (sulfide) groups is 1. The van der Waals surface area contributed by atoms with Crippen LogP contribution in [0.4, 0.5) is 0 Å². The average Bonchev–Trinajstić information content (AvgIpc) is 2.64. The molecule has 0 atom stereocenters. The van der Waals surface area contributed by atoms with E-state index in [9.17, 15) is 4.79 Å². The Hall–Kier alpha value is -1.45. The first-order chi connectivity index (χ1) is 12.1. The van der Waals surface area contributed by atoms with Crippen LogP contribution >= 0.6 is 23.4 Å². The van der Waals surface area contributed by atoms with E-state index >= 15 is 0 Å². The molecule has 0 heterocycles. The van der Waals surface area contributed by atoms with Crippen molar-refractivity contribution in [3.05, 3.63) is 64.2 Å². The fourth-order valence-corrected chi connectivity index (χ4v) is 3.62. The van der Waals surface area contributed by atoms with E-state index in [1.807, 2.05) is 24.3 Å². The third kappa shape index (κ3) is 6.75. The van der Waals surface area contributed by atoms with Crippen molar-refractivity contribution in [3.63, 3.8) is 0 Å². The first-order valence-corrected chi connectivity index (χ1v) is 10.2. The third-order valence-electron chi connectivity index (χ3n) is 4.17. The van der Waals surface area contributed by atoms with Crippen molar-refractivity contribution in [2.75, 3.05) is 5.75 Å². The van der Waals surface area contributed by atoms with Crippen molar-refractivity contribution < 1.29 is 4.79 Å². The average molecular weight is 376 g/mol. The highest BCUT2D eigenvalue weighted by molar-refractivity contribution is 7.99. The molecule has 1 N–H and O–H groups in total. The minimum Gasteiger partial charge on any atom is -0.352 e. The van der Waals surface area contributed by atoms with Gasteiger partial charge in [0.05, 0.1) is 0 Å². The summed E-state index contributed by atoms with van der Waals surface area (Å²) in [6.07, 6.45) is 3.45. The van der Waals surface area contributed by atoms with Crippen molar-refractivity contribution in [1.82, 2.24) is 5.32 Å². The normalized spacial score (nSPS) is 10.7. The molecule has 0 spiro atoms. The van der Waals surface area contributed by atoms with Gasteiger partial charge in [0, 0.05) is 22.9 Å². The highest BCUT2D eigenvalue weighted by atomic mass is 35.5. The van der Waals surface area contributed by atoms with Gasteiger partial charge in [-0.25, -0.2) is 0 Å². The molecule has 4 heteroatoms. The van der Waals surface area contributed by atoms with Crippen LogP contribution < -0.4 is 5.32 Å². The van der Waals surface area contributed by atoms with E-state index in [0.717, 1.165) is 30.0 Å². The molecule has 1 amide bonds. The number of benzene rings is 2. The number of nitrogens with one attached hydrogen (secondary N) is 1. The van der Waals surface area contributed by atoms with Crippen LogP contribution in [0.25, 0.3) is 0 Å². The Bertz CT molecular complexity index is 685. The van der Waals surface area contributed by atoms with Crippen molar-refractivity contribution >= 4 is 29.3 Å². The standard InChI is InChI=1S/C21H26ClNOS/c1-3-16-7-8-17(4-2)18(14-16)15-23-21(24)6-5-13-25-20-11-9-19(22)10-12-20/h7-12,14H,3-6,13,15H2,1-2H3,(H,23,24). The third-order valence-corrected chi connectivity index (χ3v) is 5.52. The van der Waals surface area contributed by atoms with Crippen molar-refractivity contribution in [2.24, 2.45) is 0 Å². The molecule has 25 heavy (non-hydrogen) atoms. The Morgan fingerprint density at radius 1 is 1.04 bits per heavy atom. The number of aryl methyl sites for hydroxylation is 2. The van der Waals surface area contributed by atoms with Crippen LogP contribution in [-0.2, 0) is 24.2 Å². The molecule has 134 valence electrons. The summed E-state index contributed by atoms with van der Waals surface area (Å²) in [6.45, 7) is 4.93. The molecule has 0 aliphatic heterocycles. The van der Waals surface area contributed by atoms with Crippen molar-refractivity contribution in [3.8, 4) is 0 Å². The van der Waals surface area contributed by atoms with Crippen LogP contribution in [0.5, 0.6) is 0 Å². The Balaban J connectivity index is 1.72. The smallest absolute Gasteiger partial charge is 0.220 e. The summed E-state index contributed by atoms with van der Waals surface area (Å²) in [5.74, 6) is 1.06. The molecular weight excluding hydrogens is 350 g/mol. The van der Waals surface area contributed by atoms with E-state index in [1.54, 1.807) is 11.8 Å². The monoisotopic (exact) mass is 375 g/mol. The summed E-state index contributed by atoms with van der Waals surface area (Å²) in [5.41, 5.74) is 3.88. The summed E-state index contributed by atoms with van der Waals surface area (Å²) >= 11 is 7.64. The summed E-state index contributed by atoms with van der Waals surface area (Å²) in [4.78, 5) is 13.3. The van der Waals surface area contributed by atoms with Crippen LogP contribution in [0.15, 0.2) is 47.4 Å². The number of carbonyl (C=O) groups is 1. The van der Waals surface area contributed by atoms with Gasteiger partial charge in [-0.1, -0.05) is 43.6 Å². The summed E-state index contributed by atoms with van der Waals surface area (Å²) < 4.78 is 0. The maximum absolute atomic E-state index is 12.1. The maximum atomic E-state index is 12.1. The number of hydrogen-bond acceptors (Lipinski definition) is 2.